The van der Waals surface area contributed by atoms with Crippen LogP contribution >= 0.6 is 0 Å². The molecule has 0 atom stereocenters. The number of carbonyl (C=O) groups excluding carboxylic acids is 1. The minimum Gasteiger partial charge on any atom is -0.363 e. The van der Waals surface area contributed by atoms with Crippen molar-refractivity contribution in [3.63, 3.8) is 0 Å². The molecule has 0 heterocycles. The highest BCUT2D eigenvalue weighted by atomic mass is 16.5. The van der Waals surface area contributed by atoms with E-state index in [-0.39, 0.29) is 0 Å². The Bertz CT molecular complexity index is 142. The van der Waals surface area contributed by atoms with Crippen molar-refractivity contribution in [2.45, 2.75) is 0 Å². The summed E-state index contributed by atoms with van der Waals surface area (Å²) in [6.07, 6.45) is 6.51. The van der Waals surface area contributed by atoms with Gasteiger partial charge in [0.2, 0.25) is 0 Å². The van der Waals surface area contributed by atoms with Gasteiger partial charge in [-0.25, -0.2) is 4.79 Å². The van der Waals surface area contributed by atoms with Crippen LogP contribution in [0, 0.1) is 24.4 Å². The van der Waals surface area contributed by atoms with Crippen LogP contribution in [0.3, 0.4) is 0 Å². The topological polar surface area (TPSA) is 26.3 Å². The first kappa shape index (κ1) is 5.59. The van der Waals surface area contributed by atoms with Gasteiger partial charge in [-0.2, -0.15) is 0 Å². The molecule has 2 nitrogen and oxygen atoms in total. The summed E-state index contributed by atoms with van der Waals surface area (Å²) in [5.41, 5.74) is 0. The van der Waals surface area contributed by atoms with E-state index in [0.29, 0.717) is 0 Å². The largest absolute Gasteiger partial charge is 0.432 e. The first-order valence-corrected chi connectivity index (χ1v) is 1.40. The van der Waals surface area contributed by atoms with Crippen molar-refractivity contribution in [2.24, 2.45) is 0 Å². The zero-order valence-corrected chi connectivity index (χ0v) is 3.39. The van der Waals surface area contributed by atoms with Gasteiger partial charge in [-0.3, -0.25) is 0 Å². The summed E-state index contributed by atoms with van der Waals surface area (Å²) < 4.78 is 3.76. The van der Waals surface area contributed by atoms with Crippen LogP contribution < -0.4 is 0 Å². The number of ether oxygens (including phenoxy) is 1. The average Bonchev–Trinajstić information content (AvgIpc) is 1.69. The molecular weight excluding hydrogens is 92.1 g/mol. The molecule has 33 valence electrons. The van der Waals surface area contributed by atoms with Crippen molar-refractivity contribution >= 4 is 6.47 Å². The van der Waals surface area contributed by atoms with E-state index in [9.17, 15) is 0 Å². The maximum Gasteiger partial charge on any atom is 0.432 e. The zero-order valence-electron chi connectivity index (χ0n) is 3.39. The lowest BCUT2D eigenvalue weighted by Crippen LogP contribution is -1.70. The van der Waals surface area contributed by atoms with Crippen LogP contribution in [0.15, 0.2) is 0 Å². The van der Waals surface area contributed by atoms with Crippen molar-refractivity contribution in [2.75, 3.05) is 0 Å². The van der Waals surface area contributed by atoms with Crippen LogP contribution in [0.4, 0.5) is 0 Å². The maximum absolute atomic E-state index is 9.16. The highest BCUT2D eigenvalue weighted by molar-refractivity contribution is 5.41. The fourth-order valence-corrected chi connectivity index (χ4v) is 0.0758. The van der Waals surface area contributed by atoms with Crippen LogP contribution in [0.25, 0.3) is 0 Å². The third-order valence-corrected chi connectivity index (χ3v) is 0.216. The molecule has 7 heavy (non-hydrogen) atoms. The number of rotatable bonds is 1. The molecule has 2 heteroatoms. The Morgan fingerprint density at radius 2 is 2.29 bits per heavy atom. The van der Waals surface area contributed by atoms with Gasteiger partial charge in [0.25, 0.3) is 0 Å². The van der Waals surface area contributed by atoms with E-state index in [1.807, 2.05) is 17.9 Å². The van der Waals surface area contributed by atoms with Gasteiger partial charge in [0.05, 0.1) is 0 Å². The molecule has 0 rings (SSSR count). The number of hydrogen-bond donors (Lipinski definition) is 0. The van der Waals surface area contributed by atoms with E-state index in [2.05, 4.69) is 11.2 Å². The lowest BCUT2D eigenvalue weighted by atomic mass is 10.7. The molecule has 0 aromatic rings. The molecule has 0 aliphatic rings. The second kappa shape index (κ2) is 4.59. The lowest BCUT2D eigenvalue weighted by molar-refractivity contribution is 0.420. The minimum absolute atomic E-state index is 1.08. The Labute approximate surface area is 41.5 Å². The van der Waals surface area contributed by atoms with Crippen molar-refractivity contribution < 1.29 is 9.53 Å². The monoisotopic (exact) mass is 93.0 g/mol. The van der Waals surface area contributed by atoms with Crippen molar-refractivity contribution in [3.05, 3.63) is 0 Å². The normalized spacial score (nSPS) is 4.43. The summed E-state index contributed by atoms with van der Waals surface area (Å²) in [6, 6.07) is 0. The molecular formula is C5HO2. The molecule has 1 radical (unpaired) electrons. The fraction of sp³-hybridized carbons (Fsp3) is 0. The zero-order chi connectivity index (χ0) is 5.54. The van der Waals surface area contributed by atoms with Crippen LogP contribution in [0.1, 0.15) is 0 Å². The Morgan fingerprint density at radius 3 is 2.71 bits per heavy atom. The van der Waals surface area contributed by atoms with Gasteiger partial charge in [0.1, 0.15) is 6.11 Å². The molecule has 0 amide bonds. The Balaban J connectivity index is 3.30. The minimum atomic E-state index is 1.08. The predicted octanol–water partition coefficient (Wildman–Crippen LogP) is -0.336. The third-order valence-electron chi connectivity index (χ3n) is 0.216. The van der Waals surface area contributed by atoms with E-state index in [0.717, 1.165) is 6.47 Å². The molecule has 0 unspecified atom stereocenters. The first-order valence-electron chi connectivity index (χ1n) is 1.40. The fourth-order valence-electron chi connectivity index (χ4n) is 0.0758. The van der Waals surface area contributed by atoms with E-state index < -0.39 is 0 Å². The molecule has 0 bridgehead atoms. The van der Waals surface area contributed by atoms with Crippen molar-refractivity contribution in [1.29, 1.82) is 0 Å². The quantitative estimate of drug-likeness (QED) is 0.415. The molecule has 0 aromatic heterocycles. The van der Waals surface area contributed by atoms with E-state index >= 15 is 0 Å². The van der Waals surface area contributed by atoms with E-state index in [4.69, 9.17) is 4.79 Å². The van der Waals surface area contributed by atoms with Gasteiger partial charge in [-0.1, -0.05) is 0 Å². The number of terminal acetylenes is 1. The Morgan fingerprint density at radius 1 is 1.57 bits per heavy atom. The molecule has 0 saturated heterocycles. The van der Waals surface area contributed by atoms with Crippen molar-refractivity contribution in [3.8, 4) is 24.4 Å². The van der Waals surface area contributed by atoms with Gasteiger partial charge in [-0.05, 0) is 5.92 Å². The Hall–Kier alpha value is -1.41. The highest BCUT2D eigenvalue weighted by Gasteiger charge is 1.62. The van der Waals surface area contributed by atoms with Gasteiger partial charge < -0.3 is 4.74 Å². The van der Waals surface area contributed by atoms with Gasteiger partial charge in [0.15, 0.2) is 0 Å². The van der Waals surface area contributed by atoms with Gasteiger partial charge in [-0.15, -0.1) is 6.42 Å². The van der Waals surface area contributed by atoms with Crippen LogP contribution in [-0.4, -0.2) is 6.47 Å². The maximum atomic E-state index is 9.16. The summed E-state index contributed by atoms with van der Waals surface area (Å²) in [4.78, 5) is 9.16. The standard InChI is InChI=1S/C5HO2/c1-2-3-4-7-5-6/h1H. The molecule has 0 N–H and O–H groups in total. The predicted molar refractivity (Wildman–Crippen MR) is 23.4 cm³/mol. The second-order valence-electron chi connectivity index (χ2n) is 0.557. The van der Waals surface area contributed by atoms with Gasteiger partial charge in [0, 0.05) is 5.92 Å². The average molecular weight is 93.1 g/mol. The summed E-state index contributed by atoms with van der Waals surface area (Å²) in [5.74, 6) is 3.98. The third kappa shape index (κ3) is 4.59. The van der Waals surface area contributed by atoms with Gasteiger partial charge >= 0.3 is 6.47 Å². The Kier molecular flexibility index (Phi) is 3.67. The summed E-state index contributed by atoms with van der Waals surface area (Å²) >= 11 is 0. The van der Waals surface area contributed by atoms with Crippen LogP contribution in [0.2, 0.25) is 0 Å². The SMILES string of the molecule is C#CC#CO[C]=O. The van der Waals surface area contributed by atoms with Crippen LogP contribution in [0.5, 0.6) is 0 Å². The molecule has 0 aliphatic carbocycles. The second-order valence-corrected chi connectivity index (χ2v) is 0.557. The summed E-state index contributed by atoms with van der Waals surface area (Å²) in [5, 5.41) is 0. The lowest BCUT2D eigenvalue weighted by Gasteiger charge is -1.64. The van der Waals surface area contributed by atoms with E-state index in [1.165, 1.54) is 0 Å². The first-order chi connectivity index (χ1) is 3.41. The molecule has 0 aromatic carbocycles. The molecule has 0 spiro atoms. The van der Waals surface area contributed by atoms with E-state index in [1.54, 1.807) is 0 Å². The molecule has 0 aliphatic heterocycles. The summed E-state index contributed by atoms with van der Waals surface area (Å²) in [7, 11) is 0. The molecule has 0 saturated carbocycles. The van der Waals surface area contributed by atoms with Crippen LogP contribution in [-0.2, 0) is 9.53 Å². The van der Waals surface area contributed by atoms with Crippen molar-refractivity contribution in [1.82, 2.24) is 0 Å². The molecule has 0 fully saturated rings. The highest BCUT2D eigenvalue weighted by Crippen LogP contribution is 1.53. The summed E-state index contributed by atoms with van der Waals surface area (Å²) in [6.45, 7) is 1.08. The number of hydrogen-bond acceptors (Lipinski definition) is 2. The smallest absolute Gasteiger partial charge is 0.363 e.